The van der Waals surface area contributed by atoms with Gasteiger partial charge in [0.15, 0.2) is 0 Å². The van der Waals surface area contributed by atoms with E-state index in [1.807, 2.05) is 6.92 Å². The van der Waals surface area contributed by atoms with Crippen LogP contribution in [-0.2, 0) is 6.18 Å². The average molecular weight is 260 g/mol. The predicted molar refractivity (Wildman–Crippen MR) is 63.4 cm³/mol. The van der Waals surface area contributed by atoms with Crippen molar-refractivity contribution < 1.29 is 18.0 Å². The molecular formula is C12H15F3N2O. The third kappa shape index (κ3) is 3.94. The fourth-order valence-electron chi connectivity index (χ4n) is 1.43. The monoisotopic (exact) mass is 260 g/mol. The molecule has 0 saturated heterocycles. The van der Waals surface area contributed by atoms with Gasteiger partial charge in [0.2, 0.25) is 0 Å². The normalized spacial score (nSPS) is 11.2. The number of carbonyl (C=O) groups excluding carboxylic acids is 1. The number of nitrogens with one attached hydrogen (secondary N) is 1. The van der Waals surface area contributed by atoms with Crippen molar-refractivity contribution in [2.24, 2.45) is 0 Å². The zero-order valence-corrected chi connectivity index (χ0v) is 10.2. The topological polar surface area (TPSA) is 32.3 Å². The largest absolute Gasteiger partial charge is 0.416 e. The summed E-state index contributed by atoms with van der Waals surface area (Å²) < 4.78 is 37.4. The first-order valence-corrected chi connectivity index (χ1v) is 5.54. The minimum atomic E-state index is -4.41. The lowest BCUT2D eigenvalue weighted by molar-refractivity contribution is -0.137. The molecule has 0 bridgehead atoms. The number of urea groups is 1. The molecule has 0 aliphatic heterocycles. The molecule has 0 aliphatic carbocycles. The van der Waals surface area contributed by atoms with Gasteiger partial charge in [-0.3, -0.25) is 0 Å². The number of hydrogen-bond acceptors (Lipinski definition) is 1. The summed E-state index contributed by atoms with van der Waals surface area (Å²) in [4.78, 5) is 13.0. The smallest absolute Gasteiger partial charge is 0.328 e. The predicted octanol–water partition coefficient (Wildman–Crippen LogP) is 3.58. The Labute approximate surface area is 104 Å². The van der Waals surface area contributed by atoms with E-state index in [1.54, 1.807) is 7.05 Å². The van der Waals surface area contributed by atoms with Crippen molar-refractivity contribution in [2.45, 2.75) is 19.5 Å². The van der Waals surface area contributed by atoms with Gasteiger partial charge in [-0.15, -0.1) is 0 Å². The van der Waals surface area contributed by atoms with Crippen molar-refractivity contribution in [2.75, 3.05) is 18.9 Å². The third-order valence-electron chi connectivity index (χ3n) is 2.35. The second-order valence-electron chi connectivity index (χ2n) is 3.93. The van der Waals surface area contributed by atoms with Crippen molar-refractivity contribution in [3.05, 3.63) is 29.8 Å². The van der Waals surface area contributed by atoms with Gasteiger partial charge < -0.3 is 10.2 Å². The van der Waals surface area contributed by atoms with Crippen LogP contribution >= 0.6 is 0 Å². The van der Waals surface area contributed by atoms with Crippen LogP contribution in [0.25, 0.3) is 0 Å². The Balaban J connectivity index is 2.77. The molecule has 18 heavy (non-hydrogen) atoms. The highest BCUT2D eigenvalue weighted by molar-refractivity contribution is 5.89. The maximum atomic E-state index is 12.5. The highest BCUT2D eigenvalue weighted by Gasteiger charge is 2.30. The van der Waals surface area contributed by atoms with Crippen LogP contribution in [0.3, 0.4) is 0 Å². The van der Waals surface area contributed by atoms with Crippen molar-refractivity contribution in [1.82, 2.24) is 4.90 Å². The molecule has 0 radical (unpaired) electrons. The fraction of sp³-hybridized carbons (Fsp3) is 0.417. The van der Waals surface area contributed by atoms with Crippen LogP contribution in [0.5, 0.6) is 0 Å². The van der Waals surface area contributed by atoms with Crippen LogP contribution in [0, 0.1) is 0 Å². The van der Waals surface area contributed by atoms with Gasteiger partial charge in [-0.25, -0.2) is 4.79 Å². The zero-order chi connectivity index (χ0) is 13.8. The SMILES string of the molecule is CCCN(C)C(=O)Nc1cccc(C(F)(F)F)c1. The van der Waals surface area contributed by atoms with Gasteiger partial charge >= 0.3 is 12.2 Å². The maximum absolute atomic E-state index is 12.5. The molecule has 2 amide bonds. The van der Waals surface area contributed by atoms with E-state index in [9.17, 15) is 18.0 Å². The molecule has 1 aromatic carbocycles. The van der Waals surface area contributed by atoms with Gasteiger partial charge in [0, 0.05) is 19.3 Å². The fourth-order valence-corrected chi connectivity index (χ4v) is 1.43. The second kappa shape index (κ2) is 5.75. The zero-order valence-electron chi connectivity index (χ0n) is 10.2. The molecule has 0 aromatic heterocycles. The Morgan fingerprint density at radius 1 is 1.39 bits per heavy atom. The summed E-state index contributed by atoms with van der Waals surface area (Å²) in [6.45, 7) is 2.46. The number of nitrogens with zero attached hydrogens (tertiary/aromatic N) is 1. The first kappa shape index (κ1) is 14.3. The molecule has 6 heteroatoms. The van der Waals surface area contributed by atoms with Crippen molar-refractivity contribution in [1.29, 1.82) is 0 Å². The van der Waals surface area contributed by atoms with Crippen LogP contribution in [0.2, 0.25) is 0 Å². The summed E-state index contributed by atoms with van der Waals surface area (Å²) >= 11 is 0. The molecule has 1 N–H and O–H groups in total. The summed E-state index contributed by atoms with van der Waals surface area (Å²) in [5.41, 5.74) is -0.642. The summed E-state index contributed by atoms with van der Waals surface area (Å²) in [5.74, 6) is 0. The van der Waals surface area contributed by atoms with Gasteiger partial charge in [0.1, 0.15) is 0 Å². The van der Waals surface area contributed by atoms with Gasteiger partial charge in [-0.05, 0) is 24.6 Å². The van der Waals surface area contributed by atoms with E-state index in [4.69, 9.17) is 0 Å². The lowest BCUT2D eigenvalue weighted by Gasteiger charge is -2.17. The number of anilines is 1. The molecule has 0 fully saturated rings. The molecule has 100 valence electrons. The number of amides is 2. The number of alkyl halides is 3. The molecule has 3 nitrogen and oxygen atoms in total. The number of halogens is 3. The third-order valence-corrected chi connectivity index (χ3v) is 2.35. The van der Waals surface area contributed by atoms with Crippen LogP contribution in [0.15, 0.2) is 24.3 Å². The van der Waals surface area contributed by atoms with Crippen molar-refractivity contribution in [3.8, 4) is 0 Å². The minimum absolute atomic E-state index is 0.137. The van der Waals surface area contributed by atoms with Crippen LogP contribution < -0.4 is 5.32 Å². The maximum Gasteiger partial charge on any atom is 0.416 e. The highest BCUT2D eigenvalue weighted by Crippen LogP contribution is 2.30. The van der Waals surface area contributed by atoms with E-state index in [-0.39, 0.29) is 5.69 Å². The molecule has 0 unspecified atom stereocenters. The molecule has 1 aromatic rings. The van der Waals surface area contributed by atoms with Gasteiger partial charge in [-0.1, -0.05) is 13.0 Å². The Hall–Kier alpha value is -1.72. The summed E-state index contributed by atoms with van der Waals surface area (Å²) in [5, 5.41) is 2.43. The Kier molecular flexibility index (Phi) is 4.58. The van der Waals surface area contributed by atoms with E-state index in [0.29, 0.717) is 6.54 Å². The quantitative estimate of drug-likeness (QED) is 0.885. The van der Waals surface area contributed by atoms with E-state index in [2.05, 4.69) is 5.32 Å². The summed E-state index contributed by atoms with van der Waals surface area (Å²) in [6.07, 6.45) is -3.62. The molecule has 0 heterocycles. The number of rotatable bonds is 3. The standard InChI is InChI=1S/C12H15F3N2O/c1-3-7-17(2)11(18)16-10-6-4-5-9(8-10)12(13,14)15/h4-6,8H,3,7H2,1-2H3,(H,16,18). The molecular weight excluding hydrogens is 245 g/mol. The van der Waals surface area contributed by atoms with Crippen molar-refractivity contribution in [3.63, 3.8) is 0 Å². The first-order valence-electron chi connectivity index (χ1n) is 5.54. The average Bonchev–Trinajstić information content (AvgIpc) is 2.28. The summed E-state index contributed by atoms with van der Waals surface area (Å²) in [7, 11) is 1.59. The Morgan fingerprint density at radius 2 is 2.06 bits per heavy atom. The van der Waals surface area contributed by atoms with E-state index >= 15 is 0 Å². The van der Waals surface area contributed by atoms with E-state index < -0.39 is 17.8 Å². The molecule has 0 aliphatic rings. The molecule has 0 spiro atoms. The Bertz CT molecular complexity index is 418. The minimum Gasteiger partial charge on any atom is -0.328 e. The van der Waals surface area contributed by atoms with Crippen LogP contribution in [0.4, 0.5) is 23.7 Å². The van der Waals surface area contributed by atoms with E-state index in [0.717, 1.165) is 18.6 Å². The molecule has 0 atom stereocenters. The van der Waals surface area contributed by atoms with Gasteiger partial charge in [0.05, 0.1) is 5.56 Å². The number of carbonyl (C=O) groups is 1. The number of hydrogen-bond donors (Lipinski definition) is 1. The molecule has 0 saturated carbocycles. The van der Waals surface area contributed by atoms with Gasteiger partial charge in [-0.2, -0.15) is 13.2 Å². The van der Waals surface area contributed by atoms with Crippen LogP contribution in [-0.4, -0.2) is 24.5 Å². The Morgan fingerprint density at radius 3 is 2.61 bits per heavy atom. The van der Waals surface area contributed by atoms with E-state index in [1.165, 1.54) is 17.0 Å². The first-order chi connectivity index (χ1) is 8.34. The molecule has 1 rings (SSSR count). The lowest BCUT2D eigenvalue weighted by Crippen LogP contribution is -2.31. The van der Waals surface area contributed by atoms with Crippen LogP contribution in [0.1, 0.15) is 18.9 Å². The second-order valence-corrected chi connectivity index (χ2v) is 3.93. The summed E-state index contributed by atoms with van der Waals surface area (Å²) in [6, 6.07) is 4.14. The van der Waals surface area contributed by atoms with Gasteiger partial charge in [0.25, 0.3) is 0 Å². The number of benzene rings is 1. The lowest BCUT2D eigenvalue weighted by atomic mass is 10.2. The van der Waals surface area contributed by atoms with Crippen molar-refractivity contribution >= 4 is 11.7 Å². The highest BCUT2D eigenvalue weighted by atomic mass is 19.4.